The monoisotopic (exact) mass is 416 g/mol. The van der Waals surface area contributed by atoms with E-state index in [1.807, 2.05) is 0 Å². The van der Waals surface area contributed by atoms with E-state index in [4.69, 9.17) is 16.3 Å². The van der Waals surface area contributed by atoms with E-state index >= 15 is 0 Å². The number of hydrogen-bond donors (Lipinski definition) is 1. The molecule has 1 atom stereocenters. The van der Waals surface area contributed by atoms with Crippen LogP contribution in [0.1, 0.15) is 44.0 Å². The van der Waals surface area contributed by atoms with Crippen LogP contribution in [0.4, 0.5) is 0 Å². The number of esters is 1. The SMILES string of the molecule is CCOC(=O)[C@H]1CCCN(C(=O)c2cc(S(=O)(=O)NC(C)C)ccc2Cl)C1. The molecule has 1 aromatic rings. The lowest BCUT2D eigenvalue weighted by molar-refractivity contribution is -0.149. The Morgan fingerprint density at radius 3 is 2.70 bits per heavy atom. The van der Waals surface area contributed by atoms with Gasteiger partial charge in [-0.1, -0.05) is 11.6 Å². The molecule has 27 heavy (non-hydrogen) atoms. The van der Waals surface area contributed by atoms with Gasteiger partial charge in [0.25, 0.3) is 5.91 Å². The molecule has 150 valence electrons. The Hall–Kier alpha value is -1.64. The Morgan fingerprint density at radius 1 is 1.37 bits per heavy atom. The number of hydrogen-bond acceptors (Lipinski definition) is 5. The lowest BCUT2D eigenvalue weighted by Crippen LogP contribution is -2.43. The average Bonchev–Trinajstić information content (AvgIpc) is 2.60. The van der Waals surface area contributed by atoms with Crippen LogP contribution in [0.25, 0.3) is 0 Å². The van der Waals surface area contributed by atoms with Crippen LogP contribution < -0.4 is 4.72 Å². The van der Waals surface area contributed by atoms with Gasteiger partial charge in [0.2, 0.25) is 10.0 Å². The van der Waals surface area contributed by atoms with Gasteiger partial charge < -0.3 is 9.64 Å². The van der Waals surface area contributed by atoms with Crippen molar-refractivity contribution >= 4 is 33.5 Å². The molecule has 1 fully saturated rings. The predicted octanol–water partition coefficient (Wildman–Crippen LogP) is 2.44. The Balaban J connectivity index is 2.25. The van der Waals surface area contributed by atoms with Gasteiger partial charge in [0.15, 0.2) is 0 Å². The lowest BCUT2D eigenvalue weighted by Gasteiger charge is -2.31. The second-order valence-corrected chi connectivity index (χ2v) is 8.88. The molecule has 0 aliphatic carbocycles. The molecule has 0 saturated carbocycles. The van der Waals surface area contributed by atoms with Crippen LogP contribution >= 0.6 is 11.6 Å². The largest absolute Gasteiger partial charge is 0.466 e. The van der Waals surface area contributed by atoms with Crippen molar-refractivity contribution in [1.29, 1.82) is 0 Å². The van der Waals surface area contributed by atoms with Gasteiger partial charge in [-0.15, -0.1) is 0 Å². The van der Waals surface area contributed by atoms with Gasteiger partial charge >= 0.3 is 5.97 Å². The molecule has 7 nitrogen and oxygen atoms in total. The zero-order valence-corrected chi connectivity index (χ0v) is 17.3. The van der Waals surface area contributed by atoms with Crippen LogP contribution in [0.2, 0.25) is 5.02 Å². The number of halogens is 1. The summed E-state index contributed by atoms with van der Waals surface area (Å²) in [5.41, 5.74) is 0.104. The van der Waals surface area contributed by atoms with Crippen molar-refractivity contribution < 1.29 is 22.7 Å². The number of amides is 1. The molecular formula is C18H25ClN2O5S. The number of carbonyl (C=O) groups excluding carboxylic acids is 2. The van der Waals surface area contributed by atoms with Crippen LogP contribution in [0.15, 0.2) is 23.1 Å². The molecule has 0 unspecified atom stereocenters. The van der Waals surface area contributed by atoms with Crippen LogP contribution in [0, 0.1) is 5.92 Å². The molecule has 0 bridgehead atoms. The van der Waals surface area contributed by atoms with Gasteiger partial charge in [-0.05, 0) is 51.8 Å². The number of rotatable bonds is 6. The van der Waals surface area contributed by atoms with Crippen molar-refractivity contribution in [3.05, 3.63) is 28.8 Å². The van der Waals surface area contributed by atoms with E-state index in [-0.39, 0.29) is 46.6 Å². The second kappa shape index (κ2) is 9.03. The van der Waals surface area contributed by atoms with E-state index in [9.17, 15) is 18.0 Å². The first-order valence-corrected chi connectivity index (χ1v) is 10.8. The Labute approximate surface area is 165 Å². The van der Waals surface area contributed by atoms with Crippen molar-refractivity contribution in [2.75, 3.05) is 19.7 Å². The number of nitrogens with one attached hydrogen (secondary N) is 1. The van der Waals surface area contributed by atoms with E-state index < -0.39 is 15.9 Å². The van der Waals surface area contributed by atoms with E-state index in [1.54, 1.807) is 20.8 Å². The molecule has 0 spiro atoms. The molecule has 1 amide bonds. The number of sulfonamides is 1. The summed E-state index contributed by atoms with van der Waals surface area (Å²) in [6, 6.07) is 3.76. The van der Waals surface area contributed by atoms with Crippen LogP contribution in [-0.4, -0.2) is 50.9 Å². The van der Waals surface area contributed by atoms with Crippen molar-refractivity contribution in [3.8, 4) is 0 Å². The molecule has 1 aliphatic heterocycles. The highest BCUT2D eigenvalue weighted by molar-refractivity contribution is 7.89. The third-order valence-corrected chi connectivity index (χ3v) is 6.18. The highest BCUT2D eigenvalue weighted by atomic mass is 35.5. The number of nitrogens with zero attached hydrogens (tertiary/aromatic N) is 1. The van der Waals surface area contributed by atoms with Gasteiger partial charge in [0.05, 0.1) is 28.0 Å². The fourth-order valence-electron chi connectivity index (χ4n) is 3.00. The first kappa shape index (κ1) is 21.7. The quantitative estimate of drug-likeness (QED) is 0.719. The average molecular weight is 417 g/mol. The molecule has 1 aliphatic rings. The van der Waals surface area contributed by atoms with Crippen LogP contribution in [-0.2, 0) is 19.6 Å². The summed E-state index contributed by atoms with van der Waals surface area (Å²) in [4.78, 5) is 26.4. The summed E-state index contributed by atoms with van der Waals surface area (Å²) in [7, 11) is -3.75. The van der Waals surface area contributed by atoms with Gasteiger partial charge in [0, 0.05) is 19.1 Å². The zero-order valence-electron chi connectivity index (χ0n) is 15.7. The second-order valence-electron chi connectivity index (χ2n) is 6.76. The minimum absolute atomic E-state index is 0.0251. The summed E-state index contributed by atoms with van der Waals surface area (Å²) in [6.45, 7) is 6.16. The number of carbonyl (C=O) groups is 2. The summed E-state index contributed by atoms with van der Waals surface area (Å²) >= 11 is 6.16. The maximum absolute atomic E-state index is 12.9. The van der Waals surface area contributed by atoms with Crippen molar-refractivity contribution in [1.82, 2.24) is 9.62 Å². The molecule has 0 aromatic heterocycles. The van der Waals surface area contributed by atoms with E-state index in [2.05, 4.69) is 4.72 Å². The summed E-state index contributed by atoms with van der Waals surface area (Å²) in [5.74, 6) is -1.09. The van der Waals surface area contributed by atoms with Crippen molar-refractivity contribution in [2.24, 2.45) is 5.92 Å². The molecule has 1 heterocycles. The summed E-state index contributed by atoms with van der Waals surface area (Å²) in [5, 5.41) is 0.168. The third kappa shape index (κ3) is 5.43. The highest BCUT2D eigenvalue weighted by Gasteiger charge is 2.31. The van der Waals surface area contributed by atoms with Crippen molar-refractivity contribution in [2.45, 2.75) is 44.6 Å². The third-order valence-electron chi connectivity index (χ3n) is 4.20. The molecule has 9 heteroatoms. The minimum atomic E-state index is -3.75. The first-order chi connectivity index (χ1) is 12.7. The number of ether oxygens (including phenoxy) is 1. The van der Waals surface area contributed by atoms with Gasteiger partial charge in [-0.25, -0.2) is 13.1 Å². The maximum Gasteiger partial charge on any atom is 0.310 e. The van der Waals surface area contributed by atoms with Gasteiger partial charge in [-0.3, -0.25) is 9.59 Å². The highest BCUT2D eigenvalue weighted by Crippen LogP contribution is 2.25. The predicted molar refractivity (Wildman–Crippen MR) is 102 cm³/mol. The fourth-order valence-corrected chi connectivity index (χ4v) is 4.47. The van der Waals surface area contributed by atoms with Gasteiger partial charge in [-0.2, -0.15) is 0 Å². The zero-order chi connectivity index (χ0) is 20.2. The standard InChI is InChI=1S/C18H25ClN2O5S/c1-4-26-18(23)13-6-5-9-21(11-13)17(22)15-10-14(7-8-16(15)19)27(24,25)20-12(2)3/h7-8,10,12-13,20H,4-6,9,11H2,1-3H3/t13-/m0/s1. The number of benzene rings is 1. The smallest absolute Gasteiger partial charge is 0.310 e. The molecule has 1 saturated heterocycles. The van der Waals surface area contributed by atoms with E-state index in [0.717, 1.165) is 0 Å². The number of piperidine rings is 1. The maximum atomic E-state index is 12.9. The molecular weight excluding hydrogens is 392 g/mol. The lowest BCUT2D eigenvalue weighted by atomic mass is 9.97. The normalized spacial score (nSPS) is 17.8. The molecule has 0 radical (unpaired) electrons. The summed E-state index contributed by atoms with van der Waals surface area (Å²) in [6.07, 6.45) is 1.32. The molecule has 2 rings (SSSR count). The molecule has 1 aromatic carbocycles. The first-order valence-electron chi connectivity index (χ1n) is 8.93. The Morgan fingerprint density at radius 2 is 2.07 bits per heavy atom. The topological polar surface area (TPSA) is 92.8 Å². The Kier molecular flexibility index (Phi) is 7.25. The number of likely N-dealkylation sites (tertiary alicyclic amines) is 1. The minimum Gasteiger partial charge on any atom is -0.466 e. The van der Waals surface area contributed by atoms with Crippen molar-refractivity contribution in [3.63, 3.8) is 0 Å². The summed E-state index contributed by atoms with van der Waals surface area (Å²) < 4.78 is 32.3. The van der Waals surface area contributed by atoms with E-state index in [1.165, 1.54) is 23.1 Å². The van der Waals surface area contributed by atoms with E-state index in [0.29, 0.717) is 19.4 Å². The Bertz CT molecular complexity index is 810. The van der Waals surface area contributed by atoms with Crippen LogP contribution in [0.3, 0.4) is 0 Å². The van der Waals surface area contributed by atoms with Gasteiger partial charge in [0.1, 0.15) is 0 Å². The van der Waals surface area contributed by atoms with Crippen LogP contribution in [0.5, 0.6) is 0 Å². The fraction of sp³-hybridized carbons (Fsp3) is 0.556. The molecule has 1 N–H and O–H groups in total.